The van der Waals surface area contributed by atoms with Crippen LogP contribution in [-0.2, 0) is 17.7 Å². The second-order valence-electron chi connectivity index (χ2n) is 7.14. The first-order valence-corrected chi connectivity index (χ1v) is 10.1. The van der Waals surface area contributed by atoms with Crippen molar-refractivity contribution in [1.82, 2.24) is 25.1 Å². The van der Waals surface area contributed by atoms with E-state index in [0.29, 0.717) is 37.1 Å². The maximum Gasteiger partial charge on any atom is 0.196 e. The Kier molecular flexibility index (Phi) is 6.56. The highest BCUT2D eigenvalue weighted by atomic mass is 16.5. The highest BCUT2D eigenvalue weighted by Crippen LogP contribution is 2.34. The summed E-state index contributed by atoms with van der Waals surface area (Å²) in [5.74, 6) is 2.06. The maximum absolute atomic E-state index is 5.55. The molecule has 0 radical (unpaired) electrons. The van der Waals surface area contributed by atoms with E-state index in [4.69, 9.17) is 19.3 Å². The summed E-state index contributed by atoms with van der Waals surface area (Å²) in [5.41, 5.74) is 2.29. The molecule has 1 fully saturated rings. The minimum atomic E-state index is -0.126. The molecule has 0 saturated carbocycles. The Hall–Kier alpha value is -2.97. The third-order valence-corrected chi connectivity index (χ3v) is 5.29. The average molecular weight is 409 g/mol. The summed E-state index contributed by atoms with van der Waals surface area (Å²) >= 11 is 0. The van der Waals surface area contributed by atoms with E-state index in [-0.39, 0.29) is 6.04 Å². The number of tetrazole rings is 1. The summed E-state index contributed by atoms with van der Waals surface area (Å²) in [6.45, 7) is 3.66. The molecule has 30 heavy (non-hydrogen) atoms. The van der Waals surface area contributed by atoms with Gasteiger partial charge in [-0.05, 0) is 34.9 Å². The molecular weight excluding hydrogens is 382 g/mol. The van der Waals surface area contributed by atoms with Gasteiger partial charge in [0.25, 0.3) is 0 Å². The molecule has 0 bridgehead atoms. The fourth-order valence-corrected chi connectivity index (χ4v) is 3.72. The Morgan fingerprint density at radius 2 is 1.77 bits per heavy atom. The van der Waals surface area contributed by atoms with Crippen LogP contribution in [0.5, 0.6) is 11.5 Å². The van der Waals surface area contributed by atoms with Crippen LogP contribution in [0.25, 0.3) is 0 Å². The van der Waals surface area contributed by atoms with Crippen LogP contribution in [0.4, 0.5) is 0 Å². The third-order valence-electron chi connectivity index (χ3n) is 5.29. The molecule has 1 unspecified atom stereocenters. The Labute approximate surface area is 176 Å². The van der Waals surface area contributed by atoms with Gasteiger partial charge in [-0.1, -0.05) is 36.4 Å². The van der Waals surface area contributed by atoms with Crippen LogP contribution in [0.2, 0.25) is 0 Å². The molecule has 2 heterocycles. The van der Waals surface area contributed by atoms with E-state index in [0.717, 1.165) is 25.1 Å². The second-order valence-corrected chi connectivity index (χ2v) is 7.14. The predicted octanol–water partition coefficient (Wildman–Crippen LogP) is 2.35. The minimum absolute atomic E-state index is 0.126. The molecule has 1 atom stereocenters. The van der Waals surface area contributed by atoms with Crippen molar-refractivity contribution in [3.05, 3.63) is 65.5 Å². The van der Waals surface area contributed by atoms with Gasteiger partial charge < -0.3 is 14.2 Å². The third kappa shape index (κ3) is 4.60. The lowest BCUT2D eigenvalue weighted by atomic mass is 10.0. The van der Waals surface area contributed by atoms with Crippen molar-refractivity contribution >= 4 is 0 Å². The van der Waals surface area contributed by atoms with Crippen LogP contribution in [0, 0.1) is 0 Å². The van der Waals surface area contributed by atoms with Crippen LogP contribution in [0.3, 0.4) is 0 Å². The van der Waals surface area contributed by atoms with E-state index in [1.807, 2.05) is 36.4 Å². The van der Waals surface area contributed by atoms with E-state index >= 15 is 0 Å². The van der Waals surface area contributed by atoms with Crippen LogP contribution >= 0.6 is 0 Å². The predicted molar refractivity (Wildman–Crippen MR) is 112 cm³/mol. The lowest BCUT2D eigenvalue weighted by molar-refractivity contribution is 0.0223. The molecule has 0 aliphatic carbocycles. The topological polar surface area (TPSA) is 74.5 Å². The van der Waals surface area contributed by atoms with E-state index in [1.54, 1.807) is 19.0 Å². The summed E-state index contributed by atoms with van der Waals surface area (Å²) in [4.78, 5) is 4.00. The van der Waals surface area contributed by atoms with Crippen molar-refractivity contribution < 1.29 is 14.2 Å². The highest BCUT2D eigenvalue weighted by Gasteiger charge is 2.29. The van der Waals surface area contributed by atoms with Crippen molar-refractivity contribution in [3.63, 3.8) is 0 Å². The number of hydrogen-bond acceptors (Lipinski definition) is 7. The number of ether oxygens (including phenoxy) is 3. The molecule has 0 spiro atoms. The molecule has 3 aromatic rings. The standard InChI is InChI=1S/C22H27N5O3/c1-28-19-9-8-18(16-20(19)29-2)21(26-12-14-30-15-13-26)22-23-25-27(24-22)11-10-17-6-4-3-5-7-17/h3-9,16,21H,10-15H2,1-2H3. The van der Waals surface area contributed by atoms with Gasteiger partial charge in [0, 0.05) is 13.1 Å². The Morgan fingerprint density at radius 1 is 1.00 bits per heavy atom. The molecule has 0 N–H and O–H groups in total. The largest absolute Gasteiger partial charge is 0.493 e. The average Bonchev–Trinajstić information content (AvgIpc) is 3.27. The molecule has 4 rings (SSSR count). The van der Waals surface area contributed by atoms with Crippen LogP contribution in [0.15, 0.2) is 48.5 Å². The summed E-state index contributed by atoms with van der Waals surface area (Å²) in [5, 5.41) is 13.4. The first-order chi connectivity index (χ1) is 14.8. The van der Waals surface area contributed by atoms with Gasteiger partial charge >= 0.3 is 0 Å². The van der Waals surface area contributed by atoms with Gasteiger partial charge in [-0.25, -0.2) is 0 Å². The quantitative estimate of drug-likeness (QED) is 0.565. The molecule has 158 valence electrons. The number of aromatic nitrogens is 4. The van der Waals surface area contributed by atoms with Crippen LogP contribution < -0.4 is 9.47 Å². The molecular formula is C22H27N5O3. The minimum Gasteiger partial charge on any atom is -0.493 e. The lowest BCUT2D eigenvalue weighted by Crippen LogP contribution is -2.40. The van der Waals surface area contributed by atoms with Crippen LogP contribution in [0.1, 0.15) is 23.0 Å². The molecule has 1 aliphatic heterocycles. The number of methoxy groups -OCH3 is 2. The number of benzene rings is 2. The maximum atomic E-state index is 5.55. The normalized spacial score (nSPS) is 15.7. The molecule has 8 nitrogen and oxygen atoms in total. The van der Waals surface area contributed by atoms with Gasteiger partial charge in [0.2, 0.25) is 0 Å². The number of rotatable bonds is 8. The number of nitrogens with zero attached hydrogens (tertiary/aromatic N) is 5. The van der Waals surface area contributed by atoms with Gasteiger partial charge in [0.05, 0.1) is 40.0 Å². The number of aryl methyl sites for hydroxylation is 2. The second kappa shape index (κ2) is 9.69. The van der Waals surface area contributed by atoms with Gasteiger partial charge in [0.1, 0.15) is 0 Å². The van der Waals surface area contributed by atoms with E-state index in [1.165, 1.54) is 5.56 Å². The highest BCUT2D eigenvalue weighted by molar-refractivity contribution is 5.44. The van der Waals surface area contributed by atoms with Gasteiger partial charge in [-0.15, -0.1) is 10.2 Å². The van der Waals surface area contributed by atoms with E-state index in [9.17, 15) is 0 Å². The van der Waals surface area contributed by atoms with Crippen molar-refractivity contribution in [1.29, 1.82) is 0 Å². The molecule has 1 aromatic heterocycles. The van der Waals surface area contributed by atoms with Crippen molar-refractivity contribution in [3.8, 4) is 11.5 Å². The van der Waals surface area contributed by atoms with E-state index < -0.39 is 0 Å². The SMILES string of the molecule is COc1ccc(C(c2nnn(CCc3ccccc3)n2)N2CCOCC2)cc1OC. The first-order valence-electron chi connectivity index (χ1n) is 10.1. The summed E-state index contributed by atoms with van der Waals surface area (Å²) < 4.78 is 16.5. The molecule has 8 heteroatoms. The number of morpholine rings is 1. The number of hydrogen-bond donors (Lipinski definition) is 0. The zero-order valence-electron chi connectivity index (χ0n) is 17.4. The Bertz CT molecular complexity index is 941. The molecule has 1 saturated heterocycles. The molecule has 1 aliphatic rings. The molecule has 0 amide bonds. The zero-order valence-corrected chi connectivity index (χ0v) is 17.4. The van der Waals surface area contributed by atoms with Crippen LogP contribution in [-0.4, -0.2) is 65.6 Å². The van der Waals surface area contributed by atoms with Gasteiger partial charge in [-0.3, -0.25) is 4.90 Å². The molecule has 2 aromatic carbocycles. The Balaban J connectivity index is 1.59. The fraction of sp³-hybridized carbons (Fsp3) is 0.409. The van der Waals surface area contributed by atoms with Gasteiger partial charge in [-0.2, -0.15) is 4.80 Å². The van der Waals surface area contributed by atoms with Crippen molar-refractivity contribution in [2.24, 2.45) is 0 Å². The summed E-state index contributed by atoms with van der Waals surface area (Å²) in [6, 6.07) is 16.1. The van der Waals surface area contributed by atoms with Crippen molar-refractivity contribution in [2.75, 3.05) is 40.5 Å². The van der Waals surface area contributed by atoms with Crippen molar-refractivity contribution in [2.45, 2.75) is 19.0 Å². The lowest BCUT2D eigenvalue weighted by Gasteiger charge is -2.33. The zero-order chi connectivity index (χ0) is 20.8. The smallest absolute Gasteiger partial charge is 0.196 e. The first kappa shape index (κ1) is 20.3. The summed E-state index contributed by atoms with van der Waals surface area (Å²) in [7, 11) is 3.28. The summed E-state index contributed by atoms with van der Waals surface area (Å²) in [6.07, 6.45) is 0.856. The Morgan fingerprint density at radius 3 is 2.50 bits per heavy atom. The fourth-order valence-electron chi connectivity index (χ4n) is 3.72. The monoisotopic (exact) mass is 409 g/mol. The van der Waals surface area contributed by atoms with Gasteiger partial charge in [0.15, 0.2) is 17.3 Å². The van der Waals surface area contributed by atoms with E-state index in [2.05, 4.69) is 27.3 Å².